The normalized spacial score (nSPS) is 18.7. The van der Waals surface area contributed by atoms with Crippen molar-refractivity contribution in [2.24, 2.45) is 0 Å². The standard InChI is InChI=1S/C20H30N4O2S/c1-26-18-8-6-7-17(15-18)21-20(27)24-13-11-22(12-14-24)16-19(25)23-9-4-2-3-5-10-23/h6-8,15H,2-5,9-14,16H2,1H3,(H,21,27). The number of hydrogen-bond acceptors (Lipinski definition) is 4. The molecule has 1 aromatic rings. The van der Waals surface area contributed by atoms with Crippen molar-refractivity contribution in [3.63, 3.8) is 0 Å². The predicted octanol–water partition coefficient (Wildman–Crippen LogP) is 2.41. The van der Waals surface area contributed by atoms with Gasteiger partial charge in [-0.1, -0.05) is 18.9 Å². The smallest absolute Gasteiger partial charge is 0.236 e. The number of carbonyl (C=O) groups is 1. The summed E-state index contributed by atoms with van der Waals surface area (Å²) >= 11 is 5.56. The van der Waals surface area contributed by atoms with Crippen molar-refractivity contribution >= 4 is 28.9 Å². The van der Waals surface area contributed by atoms with Gasteiger partial charge in [-0.3, -0.25) is 9.69 Å². The average molecular weight is 391 g/mol. The molecule has 7 heteroatoms. The first-order valence-corrected chi connectivity index (χ1v) is 10.3. The van der Waals surface area contributed by atoms with E-state index in [1.165, 1.54) is 12.8 Å². The van der Waals surface area contributed by atoms with Gasteiger partial charge < -0.3 is 19.9 Å². The Hall–Kier alpha value is -1.86. The SMILES string of the molecule is COc1cccc(NC(=S)N2CCN(CC(=O)N3CCCCCC3)CC2)c1. The summed E-state index contributed by atoms with van der Waals surface area (Å²) in [6.07, 6.45) is 4.79. The van der Waals surface area contributed by atoms with Crippen LogP contribution in [0.3, 0.4) is 0 Å². The Bertz CT molecular complexity index is 639. The number of anilines is 1. The van der Waals surface area contributed by atoms with Gasteiger partial charge in [0.2, 0.25) is 5.91 Å². The Morgan fingerprint density at radius 1 is 1.04 bits per heavy atom. The number of rotatable bonds is 4. The van der Waals surface area contributed by atoms with Gasteiger partial charge in [-0.05, 0) is 37.2 Å². The molecule has 1 N–H and O–H groups in total. The molecule has 2 fully saturated rings. The third-order valence-corrected chi connectivity index (χ3v) is 5.66. The summed E-state index contributed by atoms with van der Waals surface area (Å²) in [5.74, 6) is 1.09. The van der Waals surface area contributed by atoms with Gasteiger partial charge in [-0.2, -0.15) is 0 Å². The van der Waals surface area contributed by atoms with E-state index in [9.17, 15) is 4.79 Å². The minimum atomic E-state index is 0.280. The van der Waals surface area contributed by atoms with E-state index in [-0.39, 0.29) is 5.91 Å². The second-order valence-corrected chi connectivity index (χ2v) is 7.61. The molecule has 2 aliphatic heterocycles. The minimum Gasteiger partial charge on any atom is -0.497 e. The molecular formula is C20H30N4O2S. The maximum Gasteiger partial charge on any atom is 0.236 e. The first kappa shape index (κ1) is 19.9. The van der Waals surface area contributed by atoms with Crippen LogP contribution < -0.4 is 10.1 Å². The number of piperazine rings is 1. The molecule has 6 nitrogen and oxygen atoms in total. The zero-order chi connectivity index (χ0) is 19.1. The lowest BCUT2D eigenvalue weighted by Gasteiger charge is -2.36. The third kappa shape index (κ3) is 5.81. The van der Waals surface area contributed by atoms with Crippen molar-refractivity contribution in [1.29, 1.82) is 0 Å². The topological polar surface area (TPSA) is 48.1 Å². The lowest BCUT2D eigenvalue weighted by atomic mass is 10.2. The fourth-order valence-electron chi connectivity index (χ4n) is 3.62. The molecule has 2 aliphatic rings. The van der Waals surface area contributed by atoms with Gasteiger partial charge in [0, 0.05) is 51.0 Å². The predicted molar refractivity (Wildman–Crippen MR) is 112 cm³/mol. The minimum absolute atomic E-state index is 0.280. The van der Waals surface area contributed by atoms with Gasteiger partial charge in [0.25, 0.3) is 0 Å². The molecule has 1 amide bonds. The van der Waals surface area contributed by atoms with Crippen LogP contribution in [0.2, 0.25) is 0 Å². The third-order valence-electron chi connectivity index (χ3n) is 5.30. The fraction of sp³-hybridized carbons (Fsp3) is 0.600. The van der Waals surface area contributed by atoms with Crippen LogP contribution in [0.4, 0.5) is 5.69 Å². The Balaban J connectivity index is 1.43. The average Bonchev–Trinajstić information content (AvgIpc) is 2.98. The van der Waals surface area contributed by atoms with Gasteiger partial charge in [0.05, 0.1) is 13.7 Å². The maximum absolute atomic E-state index is 12.6. The highest BCUT2D eigenvalue weighted by atomic mass is 32.1. The van der Waals surface area contributed by atoms with E-state index in [2.05, 4.69) is 15.1 Å². The highest BCUT2D eigenvalue weighted by Gasteiger charge is 2.23. The number of likely N-dealkylation sites (tertiary alicyclic amines) is 1. The highest BCUT2D eigenvalue weighted by Crippen LogP contribution is 2.17. The van der Waals surface area contributed by atoms with Crippen molar-refractivity contribution in [2.75, 3.05) is 58.2 Å². The Kier molecular flexibility index (Phi) is 7.29. The van der Waals surface area contributed by atoms with E-state index < -0.39 is 0 Å². The van der Waals surface area contributed by atoms with Crippen molar-refractivity contribution in [3.8, 4) is 5.75 Å². The molecule has 3 rings (SSSR count). The quantitative estimate of drug-likeness (QED) is 0.797. The number of amides is 1. The van der Waals surface area contributed by atoms with E-state index in [1.807, 2.05) is 29.2 Å². The summed E-state index contributed by atoms with van der Waals surface area (Å²) in [6, 6.07) is 7.76. The van der Waals surface area contributed by atoms with Crippen molar-refractivity contribution < 1.29 is 9.53 Å². The number of hydrogen-bond donors (Lipinski definition) is 1. The Labute approximate surface area is 167 Å². The monoisotopic (exact) mass is 390 g/mol. The molecular weight excluding hydrogens is 360 g/mol. The summed E-state index contributed by atoms with van der Waals surface area (Å²) in [6.45, 7) is 5.77. The molecule has 0 spiro atoms. The lowest BCUT2D eigenvalue weighted by Crippen LogP contribution is -2.52. The van der Waals surface area contributed by atoms with E-state index in [4.69, 9.17) is 17.0 Å². The molecule has 0 radical (unpaired) electrons. The van der Waals surface area contributed by atoms with Crippen LogP contribution in [0.5, 0.6) is 5.75 Å². The second-order valence-electron chi connectivity index (χ2n) is 7.22. The summed E-state index contributed by atoms with van der Waals surface area (Å²) in [5, 5.41) is 4.01. The van der Waals surface area contributed by atoms with Crippen LogP contribution in [0, 0.1) is 0 Å². The van der Waals surface area contributed by atoms with Crippen molar-refractivity contribution in [3.05, 3.63) is 24.3 Å². The number of carbonyl (C=O) groups excluding carboxylic acids is 1. The van der Waals surface area contributed by atoms with Crippen LogP contribution in [0.15, 0.2) is 24.3 Å². The number of methoxy groups -OCH3 is 1. The van der Waals surface area contributed by atoms with Crippen LogP contribution in [0.1, 0.15) is 25.7 Å². The number of benzene rings is 1. The zero-order valence-electron chi connectivity index (χ0n) is 16.2. The molecule has 0 saturated carbocycles. The zero-order valence-corrected chi connectivity index (χ0v) is 17.0. The summed E-state index contributed by atoms with van der Waals surface area (Å²) in [4.78, 5) is 19.0. The lowest BCUT2D eigenvalue weighted by molar-refractivity contribution is -0.132. The molecule has 1 aromatic carbocycles. The van der Waals surface area contributed by atoms with Crippen LogP contribution >= 0.6 is 12.2 Å². The molecule has 2 saturated heterocycles. The first-order chi connectivity index (χ1) is 13.2. The van der Waals surface area contributed by atoms with Crippen LogP contribution in [-0.4, -0.2) is 78.6 Å². The van der Waals surface area contributed by atoms with Gasteiger partial charge in [0.1, 0.15) is 5.75 Å². The number of nitrogens with one attached hydrogen (secondary N) is 1. The molecule has 27 heavy (non-hydrogen) atoms. The van der Waals surface area contributed by atoms with E-state index in [1.54, 1.807) is 7.11 Å². The molecule has 2 heterocycles. The summed E-state index contributed by atoms with van der Waals surface area (Å²) in [7, 11) is 1.66. The van der Waals surface area contributed by atoms with Gasteiger partial charge in [0.15, 0.2) is 5.11 Å². The van der Waals surface area contributed by atoms with E-state index >= 15 is 0 Å². The maximum atomic E-state index is 12.6. The van der Waals surface area contributed by atoms with Crippen molar-refractivity contribution in [1.82, 2.24) is 14.7 Å². The van der Waals surface area contributed by atoms with Gasteiger partial charge >= 0.3 is 0 Å². The van der Waals surface area contributed by atoms with Gasteiger partial charge in [-0.15, -0.1) is 0 Å². The van der Waals surface area contributed by atoms with Crippen LogP contribution in [0.25, 0.3) is 0 Å². The number of thiocarbonyl (C=S) groups is 1. The van der Waals surface area contributed by atoms with Crippen molar-refractivity contribution in [2.45, 2.75) is 25.7 Å². The molecule has 0 atom stereocenters. The Morgan fingerprint density at radius 3 is 2.41 bits per heavy atom. The van der Waals surface area contributed by atoms with E-state index in [0.717, 1.165) is 68.7 Å². The number of nitrogens with zero attached hydrogens (tertiary/aromatic N) is 3. The first-order valence-electron chi connectivity index (χ1n) is 9.86. The van der Waals surface area contributed by atoms with Crippen LogP contribution in [-0.2, 0) is 4.79 Å². The Morgan fingerprint density at radius 2 is 1.74 bits per heavy atom. The molecule has 0 unspecified atom stereocenters. The molecule has 148 valence electrons. The van der Waals surface area contributed by atoms with Gasteiger partial charge in [-0.25, -0.2) is 0 Å². The largest absolute Gasteiger partial charge is 0.497 e. The summed E-state index contributed by atoms with van der Waals surface area (Å²) in [5.41, 5.74) is 0.929. The summed E-state index contributed by atoms with van der Waals surface area (Å²) < 4.78 is 5.25. The number of ether oxygens (including phenoxy) is 1. The second kappa shape index (κ2) is 9.90. The van der Waals surface area contributed by atoms with E-state index in [0.29, 0.717) is 6.54 Å². The highest BCUT2D eigenvalue weighted by molar-refractivity contribution is 7.80. The fourth-order valence-corrected chi connectivity index (χ4v) is 3.92. The molecule has 0 aliphatic carbocycles. The molecule has 0 aromatic heterocycles. The molecule has 0 bridgehead atoms.